The highest BCUT2D eigenvalue weighted by Gasteiger charge is 2.57. The predicted octanol–water partition coefficient (Wildman–Crippen LogP) is 16.9. The molecule has 31 heteroatoms. The Kier molecular flexibility index (Phi) is 26.3. The number of aromatic hydroxyl groups is 1. The van der Waals surface area contributed by atoms with Gasteiger partial charge in [-0.15, -0.1) is 0 Å². The minimum Gasteiger partial charge on any atom is -0.508 e. The van der Waals surface area contributed by atoms with Crippen LogP contribution >= 0.6 is 43.5 Å². The molecule has 1 aliphatic heterocycles. The van der Waals surface area contributed by atoms with Gasteiger partial charge >= 0.3 is 7.12 Å². The third-order valence-corrected chi connectivity index (χ3v) is 23.3. The molecule has 1 saturated heterocycles. The molecule has 18 rings (SSSR count). The smallest absolute Gasteiger partial charge is 0.498 e. The maximum atomic E-state index is 13.2. The molecule has 1 N–H and O–H groups in total. The van der Waals surface area contributed by atoms with Gasteiger partial charge in [0.2, 0.25) is 11.8 Å². The first-order chi connectivity index (χ1) is 58.9. The van der Waals surface area contributed by atoms with E-state index in [1.54, 1.807) is 125 Å². The summed E-state index contributed by atoms with van der Waals surface area (Å²) in [7, 11) is 3.44. The second-order valence-corrected chi connectivity index (χ2v) is 33.7. The number of hydrogen-bond donors (Lipinski definition) is 1. The monoisotopic (exact) mass is 1800 g/mol. The molecule has 8 aromatic heterocycles. The zero-order chi connectivity index (χ0) is 87.0. The second-order valence-electron chi connectivity index (χ2n) is 31.5. The van der Waals surface area contributed by atoms with Crippen LogP contribution in [-0.4, -0.2) is 123 Å². The van der Waals surface area contributed by atoms with Crippen molar-refractivity contribution < 1.29 is 65.8 Å². The highest BCUT2D eigenvalue weighted by atomic mass is 79.9. The number of aromatic nitrogens is 13. The molecular formula is C92H80BBr2ClF3N13O11. The first kappa shape index (κ1) is 87.0. The topological polar surface area (TPSA) is 311 Å². The molecular weight excluding hydrogens is 1730 g/mol. The maximum absolute atomic E-state index is 13.2. The zero-order valence-corrected chi connectivity index (χ0v) is 71.5. The van der Waals surface area contributed by atoms with E-state index in [0.29, 0.717) is 106 Å². The summed E-state index contributed by atoms with van der Waals surface area (Å²) in [5.74, 6) is 0.329. The second kappa shape index (κ2) is 37.2. The van der Waals surface area contributed by atoms with Gasteiger partial charge < -0.3 is 23.9 Å². The summed E-state index contributed by atoms with van der Waals surface area (Å²) in [4.78, 5) is 115. The Hall–Kier alpha value is -12.3. The number of hydrogen-bond acceptors (Lipinski definition) is 22. The van der Waals surface area contributed by atoms with E-state index in [-0.39, 0.29) is 115 Å². The first-order valence-electron chi connectivity index (χ1n) is 39.3. The molecule has 123 heavy (non-hydrogen) atoms. The summed E-state index contributed by atoms with van der Waals surface area (Å²) >= 11 is 12.4. The van der Waals surface area contributed by atoms with Crippen LogP contribution in [0.3, 0.4) is 0 Å². The van der Waals surface area contributed by atoms with Crippen LogP contribution in [-0.2, 0) is 90.7 Å². The van der Waals surface area contributed by atoms with Gasteiger partial charge in [0.05, 0.1) is 50.2 Å². The number of benzene rings is 6. The SMILES string of the molecule is Clc1ncnc2cc(Br)cnc12.Cn1cc(-c2cnc3c(Oc4ccc(CC(=O)C5(C(=O)Cc6ccc(F)cc6)CC5)cc4)ncnc3c2)cn1.Cn1cc(B2OC(C)(C)C(C)(C)O2)cn1.O=C(Cc1ccc(F)cc1)C1(C(=O)Cc2ccc(Oc3ncnc4cc(Br)cnc34)cc2)CC1.O=C(Cc1ccc(O)cc1)C1(C(=O)Cc2ccc(F)cc2)CC1. The number of rotatable bonds is 24. The standard InChI is InChI=1S/C30H24FN5O3.C26H19BrFN3O3.C19H17FO3.C10H17BN2O2.C7H3BrClN3/c1-36-17-22(16-35-36)21-14-25-28(32-15-21)29(34-18-33-25)39-24-8-4-20(5-9-24)13-27(38)30(10-11-30)26(37)12-19-2-6-23(31)7-3-19;27-18-13-21-24(29-14-18)25(31-15-30-21)34-20-7-3-17(4-8-20)12-23(33)26(9-10-26)22(32)11-16-1-5-19(28)6-2-16;20-15-5-1-13(2-6-15)11-17(22)19(9-10-19)18(23)12-14-3-7-16(21)8-4-14;1-9(2)10(3,4)15-11(14-9)8-6-12-13(5)7-8;8-4-1-5-6(10-2-4)7(9)12-3-11-5/h2-9,14-18H,10-13H2,1H3;1-8,13-15H,9-12H2;1-8,21H,9-12H2;6-7H,1-5H3;1-3H. The Balaban J connectivity index is 0.000000133. The fourth-order valence-electron chi connectivity index (χ4n) is 13.8. The van der Waals surface area contributed by atoms with Crippen molar-refractivity contribution in [2.75, 3.05) is 0 Å². The average molecular weight is 1810 g/mol. The maximum Gasteiger partial charge on any atom is 0.498 e. The number of nitrogens with zero attached hydrogens (tertiary/aromatic N) is 13. The fourth-order valence-corrected chi connectivity index (χ4v) is 14.6. The van der Waals surface area contributed by atoms with E-state index in [0.717, 1.165) is 53.3 Å². The van der Waals surface area contributed by atoms with Crippen molar-refractivity contribution in [1.82, 2.24) is 64.4 Å². The predicted molar refractivity (Wildman–Crippen MR) is 461 cm³/mol. The number of ketones is 6. The Morgan fingerprint density at radius 3 is 1.10 bits per heavy atom. The molecule has 4 fully saturated rings. The van der Waals surface area contributed by atoms with Crippen LogP contribution in [0.1, 0.15) is 99.6 Å². The summed E-state index contributed by atoms with van der Waals surface area (Å²) < 4.78 is 68.0. The molecule has 0 bridgehead atoms. The Labute approximate surface area is 726 Å². The highest BCUT2D eigenvalue weighted by molar-refractivity contribution is 9.10. The van der Waals surface area contributed by atoms with Gasteiger partial charge in [-0.25, -0.2) is 43.1 Å². The number of halogens is 6. The number of phenolic OH excluding ortho intramolecular Hbond substituents is 1. The molecule has 6 aromatic carbocycles. The molecule has 3 saturated carbocycles. The summed E-state index contributed by atoms with van der Waals surface area (Å²) in [6.07, 6.45) is 21.0. The number of Topliss-reactive ketones (excluding diaryl/α,β-unsaturated/α-hetero) is 6. The van der Waals surface area contributed by atoms with Crippen molar-refractivity contribution in [1.29, 1.82) is 0 Å². The summed E-state index contributed by atoms with van der Waals surface area (Å²) in [6, 6.07) is 43.7. The summed E-state index contributed by atoms with van der Waals surface area (Å²) in [6.45, 7) is 8.18. The van der Waals surface area contributed by atoms with E-state index in [1.807, 2.05) is 84.5 Å². The number of carbonyl (C=O) groups is 6. The van der Waals surface area contributed by atoms with Gasteiger partial charge in [-0.2, -0.15) is 20.2 Å². The summed E-state index contributed by atoms with van der Waals surface area (Å²) in [5.41, 5.74) is 7.77. The van der Waals surface area contributed by atoms with E-state index < -0.39 is 16.2 Å². The van der Waals surface area contributed by atoms with Crippen LogP contribution in [0.5, 0.6) is 29.0 Å². The quantitative estimate of drug-likeness (QED) is 0.0334. The Morgan fingerprint density at radius 1 is 0.415 bits per heavy atom. The van der Waals surface area contributed by atoms with Gasteiger partial charge in [0, 0.05) is 115 Å². The molecule has 0 atom stereocenters. The molecule has 3 aliphatic carbocycles. The van der Waals surface area contributed by atoms with Crippen LogP contribution in [0.4, 0.5) is 13.2 Å². The van der Waals surface area contributed by atoms with Crippen molar-refractivity contribution in [2.24, 2.45) is 30.3 Å². The Morgan fingerprint density at radius 2 is 0.740 bits per heavy atom. The lowest BCUT2D eigenvalue weighted by molar-refractivity contribution is -0.135. The summed E-state index contributed by atoms with van der Waals surface area (Å²) in [5, 5.41) is 18.0. The normalized spacial score (nSPS) is 15.0. The van der Waals surface area contributed by atoms with Crippen LogP contribution in [0.2, 0.25) is 5.15 Å². The van der Waals surface area contributed by atoms with Crippen LogP contribution in [0.15, 0.2) is 235 Å². The highest BCUT2D eigenvalue weighted by Crippen LogP contribution is 2.51. The van der Waals surface area contributed by atoms with Crippen molar-refractivity contribution in [2.45, 2.75) is 116 Å². The molecule has 14 aromatic rings. The van der Waals surface area contributed by atoms with Crippen LogP contribution < -0.4 is 14.9 Å². The molecule has 0 unspecified atom stereocenters. The molecule has 624 valence electrons. The number of fused-ring (bicyclic) bond motifs is 3. The molecule has 0 amide bonds. The van der Waals surface area contributed by atoms with E-state index in [1.165, 1.54) is 67.5 Å². The average Bonchev–Trinajstić information content (AvgIpc) is 1.62. The number of carbonyl (C=O) groups excluding carboxylic acids is 6. The molecule has 0 radical (unpaired) electrons. The van der Waals surface area contributed by atoms with E-state index in [2.05, 4.69) is 86.9 Å². The molecule has 4 aliphatic rings. The fraction of sp³-hybridized carbons (Fsp3) is 0.250. The molecule has 9 heterocycles. The van der Waals surface area contributed by atoms with Gasteiger partial charge in [0.15, 0.2) is 50.9 Å². The van der Waals surface area contributed by atoms with Gasteiger partial charge in [-0.1, -0.05) is 84.4 Å². The minimum atomic E-state index is -0.927. The largest absolute Gasteiger partial charge is 0.508 e. The van der Waals surface area contributed by atoms with Crippen molar-refractivity contribution in [3.8, 4) is 40.1 Å². The van der Waals surface area contributed by atoms with E-state index in [9.17, 15) is 47.0 Å². The van der Waals surface area contributed by atoms with Crippen molar-refractivity contribution >= 4 is 124 Å². The van der Waals surface area contributed by atoms with Crippen LogP contribution in [0, 0.1) is 33.7 Å². The van der Waals surface area contributed by atoms with Gasteiger partial charge in [0.25, 0.3) is 0 Å². The van der Waals surface area contributed by atoms with Gasteiger partial charge in [0.1, 0.15) is 59.2 Å². The minimum absolute atomic E-state index is 0.0738. The van der Waals surface area contributed by atoms with E-state index >= 15 is 0 Å². The lowest BCUT2D eigenvalue weighted by Gasteiger charge is -2.32. The molecule has 24 nitrogen and oxygen atoms in total. The van der Waals surface area contributed by atoms with E-state index in [4.69, 9.17) is 30.4 Å². The molecule has 0 spiro atoms. The van der Waals surface area contributed by atoms with Crippen molar-refractivity contribution in [3.05, 3.63) is 291 Å². The first-order valence-corrected chi connectivity index (χ1v) is 41.2. The number of aryl methyl sites for hydroxylation is 2. The lowest BCUT2D eigenvalue weighted by Crippen LogP contribution is -2.41. The number of phenols is 1. The zero-order valence-electron chi connectivity index (χ0n) is 67.5. The number of ether oxygens (including phenoxy) is 2. The lowest BCUT2D eigenvalue weighted by atomic mass is 9.82. The van der Waals surface area contributed by atoms with Gasteiger partial charge in [-0.05, 0) is 222 Å². The third-order valence-electron chi connectivity index (χ3n) is 22.1. The van der Waals surface area contributed by atoms with Crippen LogP contribution in [0.25, 0.3) is 44.2 Å². The third kappa shape index (κ3) is 21.2. The van der Waals surface area contributed by atoms with Crippen molar-refractivity contribution in [3.63, 3.8) is 0 Å². The Bertz CT molecular complexity index is 6190. The van der Waals surface area contributed by atoms with Gasteiger partial charge in [-0.3, -0.25) is 43.1 Å². The number of pyridine rings is 3.